The first-order chi connectivity index (χ1) is 5.22. The molecule has 1 heterocycles. The van der Waals surface area contributed by atoms with E-state index in [1.165, 1.54) is 0 Å². The SMILES string of the molecule is N=C(N)C(F)C1CCOCC1. The number of amidine groups is 1. The van der Waals surface area contributed by atoms with Crippen LogP contribution >= 0.6 is 0 Å². The van der Waals surface area contributed by atoms with E-state index in [0.717, 1.165) is 0 Å². The molecule has 0 aromatic carbocycles. The topological polar surface area (TPSA) is 59.1 Å². The van der Waals surface area contributed by atoms with E-state index < -0.39 is 6.17 Å². The average molecular weight is 160 g/mol. The predicted octanol–water partition coefficient (Wildman–Crippen LogP) is 0.687. The Balaban J connectivity index is 2.38. The highest BCUT2D eigenvalue weighted by atomic mass is 19.1. The number of nitrogens with one attached hydrogen (secondary N) is 1. The smallest absolute Gasteiger partial charge is 0.159 e. The molecule has 0 aliphatic carbocycles. The minimum Gasteiger partial charge on any atom is -0.385 e. The molecule has 0 aromatic rings. The Hall–Kier alpha value is -0.640. The maximum atomic E-state index is 13.0. The molecule has 0 amide bonds. The maximum absolute atomic E-state index is 13.0. The first-order valence-corrected chi connectivity index (χ1v) is 3.77. The molecule has 11 heavy (non-hydrogen) atoms. The van der Waals surface area contributed by atoms with Gasteiger partial charge < -0.3 is 10.5 Å². The van der Waals surface area contributed by atoms with Crippen LogP contribution < -0.4 is 5.73 Å². The molecule has 4 heteroatoms. The fourth-order valence-corrected chi connectivity index (χ4v) is 1.26. The lowest BCUT2D eigenvalue weighted by Gasteiger charge is -2.24. The summed E-state index contributed by atoms with van der Waals surface area (Å²) in [4.78, 5) is 0. The van der Waals surface area contributed by atoms with Crippen LogP contribution in [0.4, 0.5) is 4.39 Å². The molecule has 0 radical (unpaired) electrons. The van der Waals surface area contributed by atoms with Crippen LogP contribution in [0.3, 0.4) is 0 Å². The van der Waals surface area contributed by atoms with Gasteiger partial charge in [0.25, 0.3) is 0 Å². The minimum atomic E-state index is -1.26. The van der Waals surface area contributed by atoms with E-state index in [0.29, 0.717) is 26.1 Å². The highest BCUT2D eigenvalue weighted by molar-refractivity contribution is 5.81. The van der Waals surface area contributed by atoms with Gasteiger partial charge in [0, 0.05) is 19.1 Å². The lowest BCUT2D eigenvalue weighted by molar-refractivity contribution is 0.0494. The van der Waals surface area contributed by atoms with Gasteiger partial charge in [-0.15, -0.1) is 0 Å². The zero-order chi connectivity index (χ0) is 8.27. The summed E-state index contributed by atoms with van der Waals surface area (Å²) < 4.78 is 18.1. The third kappa shape index (κ3) is 2.15. The second-order valence-corrected chi connectivity index (χ2v) is 2.81. The monoisotopic (exact) mass is 160 g/mol. The van der Waals surface area contributed by atoms with E-state index in [-0.39, 0.29) is 11.8 Å². The fraction of sp³-hybridized carbons (Fsp3) is 0.857. The van der Waals surface area contributed by atoms with Gasteiger partial charge in [-0.1, -0.05) is 0 Å². The van der Waals surface area contributed by atoms with Crippen molar-refractivity contribution in [2.24, 2.45) is 11.7 Å². The molecule has 1 saturated heterocycles. The molecule has 1 fully saturated rings. The summed E-state index contributed by atoms with van der Waals surface area (Å²) >= 11 is 0. The number of halogens is 1. The molecular formula is C7H13FN2O. The van der Waals surface area contributed by atoms with Gasteiger partial charge in [0.2, 0.25) is 0 Å². The zero-order valence-corrected chi connectivity index (χ0v) is 6.35. The van der Waals surface area contributed by atoms with Crippen LogP contribution in [-0.4, -0.2) is 25.2 Å². The quantitative estimate of drug-likeness (QED) is 0.461. The van der Waals surface area contributed by atoms with Crippen molar-refractivity contribution in [2.75, 3.05) is 13.2 Å². The molecule has 1 aliphatic heterocycles. The first kappa shape index (κ1) is 8.46. The van der Waals surface area contributed by atoms with Crippen molar-refractivity contribution in [3.63, 3.8) is 0 Å². The molecule has 1 unspecified atom stereocenters. The Labute approximate surface area is 65.2 Å². The summed E-state index contributed by atoms with van der Waals surface area (Å²) in [5.74, 6) is -0.446. The lowest BCUT2D eigenvalue weighted by atomic mass is 9.94. The molecule has 3 nitrogen and oxygen atoms in total. The molecule has 1 aliphatic rings. The van der Waals surface area contributed by atoms with Gasteiger partial charge in [0.1, 0.15) is 5.84 Å². The number of hydrogen-bond acceptors (Lipinski definition) is 2. The number of ether oxygens (including phenoxy) is 1. The fourth-order valence-electron chi connectivity index (χ4n) is 1.26. The summed E-state index contributed by atoms with van der Waals surface area (Å²) in [7, 11) is 0. The molecule has 0 bridgehead atoms. The third-order valence-corrected chi connectivity index (χ3v) is 1.98. The summed E-state index contributed by atoms with van der Waals surface area (Å²) in [5, 5.41) is 6.90. The van der Waals surface area contributed by atoms with E-state index in [1.54, 1.807) is 0 Å². The normalized spacial score (nSPS) is 23.0. The maximum Gasteiger partial charge on any atom is 0.159 e. The standard InChI is InChI=1S/C7H13FN2O/c8-6(7(9)10)5-1-3-11-4-2-5/h5-6H,1-4H2,(H3,9,10). The van der Waals surface area contributed by atoms with Gasteiger partial charge in [0.15, 0.2) is 6.17 Å². The van der Waals surface area contributed by atoms with Crippen molar-refractivity contribution in [2.45, 2.75) is 19.0 Å². The lowest BCUT2D eigenvalue weighted by Crippen LogP contribution is -2.34. The highest BCUT2D eigenvalue weighted by Crippen LogP contribution is 2.20. The minimum absolute atomic E-state index is 0.0961. The number of nitrogens with two attached hydrogens (primary N) is 1. The van der Waals surface area contributed by atoms with Crippen molar-refractivity contribution in [3.05, 3.63) is 0 Å². The van der Waals surface area contributed by atoms with Crippen molar-refractivity contribution in [1.29, 1.82) is 5.41 Å². The van der Waals surface area contributed by atoms with Gasteiger partial charge in [-0.3, -0.25) is 5.41 Å². The summed E-state index contributed by atoms with van der Waals surface area (Å²) in [5.41, 5.74) is 5.03. The van der Waals surface area contributed by atoms with Crippen LogP contribution in [0.1, 0.15) is 12.8 Å². The second-order valence-electron chi connectivity index (χ2n) is 2.81. The molecule has 3 N–H and O–H groups in total. The molecule has 64 valence electrons. The van der Waals surface area contributed by atoms with Crippen LogP contribution in [0.25, 0.3) is 0 Å². The largest absolute Gasteiger partial charge is 0.385 e. The van der Waals surface area contributed by atoms with E-state index in [4.69, 9.17) is 15.9 Å². The second kappa shape index (κ2) is 3.67. The Morgan fingerprint density at radius 3 is 2.55 bits per heavy atom. The van der Waals surface area contributed by atoms with Crippen LogP contribution in [0, 0.1) is 11.3 Å². The molecule has 1 atom stereocenters. The van der Waals surface area contributed by atoms with Crippen LogP contribution in [0.2, 0.25) is 0 Å². The molecule has 0 saturated carbocycles. The Morgan fingerprint density at radius 1 is 1.55 bits per heavy atom. The van der Waals surface area contributed by atoms with E-state index in [2.05, 4.69) is 0 Å². The Kier molecular flexibility index (Phi) is 2.82. The van der Waals surface area contributed by atoms with Gasteiger partial charge in [0.05, 0.1) is 0 Å². The van der Waals surface area contributed by atoms with Gasteiger partial charge in [-0.05, 0) is 12.8 Å². The van der Waals surface area contributed by atoms with Gasteiger partial charge >= 0.3 is 0 Å². The molecule has 1 rings (SSSR count). The first-order valence-electron chi connectivity index (χ1n) is 3.77. The summed E-state index contributed by atoms with van der Waals surface area (Å²) in [6.45, 7) is 1.19. The van der Waals surface area contributed by atoms with Crippen LogP contribution in [-0.2, 0) is 4.74 Å². The Morgan fingerprint density at radius 2 is 2.09 bits per heavy atom. The summed E-state index contributed by atoms with van der Waals surface area (Å²) in [6.07, 6.45) is 0.0977. The average Bonchev–Trinajstić information content (AvgIpc) is 2.05. The highest BCUT2D eigenvalue weighted by Gasteiger charge is 2.25. The van der Waals surface area contributed by atoms with Crippen molar-refractivity contribution in [3.8, 4) is 0 Å². The number of alkyl halides is 1. The van der Waals surface area contributed by atoms with Gasteiger partial charge in [-0.2, -0.15) is 0 Å². The van der Waals surface area contributed by atoms with E-state index in [9.17, 15) is 4.39 Å². The van der Waals surface area contributed by atoms with Crippen molar-refractivity contribution >= 4 is 5.84 Å². The summed E-state index contributed by atoms with van der Waals surface area (Å²) in [6, 6.07) is 0. The third-order valence-electron chi connectivity index (χ3n) is 1.98. The molecule has 0 aromatic heterocycles. The number of rotatable bonds is 2. The van der Waals surface area contributed by atoms with Gasteiger partial charge in [-0.25, -0.2) is 4.39 Å². The van der Waals surface area contributed by atoms with Crippen LogP contribution in [0.5, 0.6) is 0 Å². The molecule has 0 spiro atoms. The van der Waals surface area contributed by atoms with Crippen LogP contribution in [0.15, 0.2) is 0 Å². The Bertz CT molecular complexity index is 145. The molecular weight excluding hydrogens is 147 g/mol. The predicted molar refractivity (Wildman–Crippen MR) is 40.4 cm³/mol. The van der Waals surface area contributed by atoms with E-state index >= 15 is 0 Å². The van der Waals surface area contributed by atoms with Crippen molar-refractivity contribution in [1.82, 2.24) is 0 Å². The van der Waals surface area contributed by atoms with E-state index in [1.807, 2.05) is 0 Å². The number of hydrogen-bond donors (Lipinski definition) is 2. The van der Waals surface area contributed by atoms with Crippen molar-refractivity contribution < 1.29 is 9.13 Å². The zero-order valence-electron chi connectivity index (χ0n) is 6.35.